The molecule has 0 saturated heterocycles. The molecule has 0 aliphatic rings. The summed E-state index contributed by atoms with van der Waals surface area (Å²) in [6.45, 7) is 1.67. The van der Waals surface area contributed by atoms with Gasteiger partial charge in [0.15, 0.2) is 18.1 Å². The Morgan fingerprint density at radius 3 is 2.57 bits per heavy atom. The summed E-state index contributed by atoms with van der Waals surface area (Å²) in [7, 11) is 2.80. The molecule has 158 valence electrons. The fourth-order valence-electron chi connectivity index (χ4n) is 2.32. The SMILES string of the molecule is CNC(=O)C(=O)N/N=C\c1cc(Br)c(OCC(=O)Nc2ccccc2C)c(OC)c1. The fourth-order valence-corrected chi connectivity index (χ4v) is 2.90. The largest absolute Gasteiger partial charge is 0.493 e. The average Bonchev–Trinajstić information content (AvgIpc) is 2.73. The lowest BCUT2D eigenvalue weighted by molar-refractivity contribution is -0.138. The van der Waals surface area contributed by atoms with Crippen LogP contribution in [0.25, 0.3) is 0 Å². The predicted molar refractivity (Wildman–Crippen MR) is 116 cm³/mol. The number of hydrogen-bond donors (Lipinski definition) is 3. The average molecular weight is 477 g/mol. The maximum Gasteiger partial charge on any atom is 0.329 e. The van der Waals surface area contributed by atoms with Crippen LogP contribution in [0.2, 0.25) is 0 Å². The van der Waals surface area contributed by atoms with Crippen molar-refractivity contribution in [3.63, 3.8) is 0 Å². The smallest absolute Gasteiger partial charge is 0.329 e. The van der Waals surface area contributed by atoms with Crippen molar-refractivity contribution in [2.24, 2.45) is 5.10 Å². The van der Waals surface area contributed by atoms with Crippen LogP contribution < -0.4 is 25.5 Å². The molecule has 30 heavy (non-hydrogen) atoms. The highest BCUT2D eigenvalue weighted by Crippen LogP contribution is 2.36. The number of benzene rings is 2. The van der Waals surface area contributed by atoms with Crippen molar-refractivity contribution in [1.29, 1.82) is 0 Å². The molecule has 10 heteroatoms. The Bertz CT molecular complexity index is 978. The van der Waals surface area contributed by atoms with E-state index < -0.39 is 11.8 Å². The molecule has 0 aliphatic carbocycles. The molecule has 0 fully saturated rings. The summed E-state index contributed by atoms with van der Waals surface area (Å²) in [4.78, 5) is 34.7. The Hall–Kier alpha value is -3.40. The number of hydrogen-bond acceptors (Lipinski definition) is 6. The number of rotatable bonds is 7. The minimum Gasteiger partial charge on any atom is -0.493 e. The molecule has 9 nitrogen and oxygen atoms in total. The number of amides is 3. The van der Waals surface area contributed by atoms with E-state index in [0.717, 1.165) is 5.56 Å². The van der Waals surface area contributed by atoms with Gasteiger partial charge >= 0.3 is 11.8 Å². The number of carbonyl (C=O) groups is 3. The maximum absolute atomic E-state index is 12.2. The van der Waals surface area contributed by atoms with Gasteiger partial charge in [0.2, 0.25) is 0 Å². The highest BCUT2D eigenvalue weighted by atomic mass is 79.9. The summed E-state index contributed by atoms with van der Waals surface area (Å²) >= 11 is 3.37. The third kappa shape index (κ3) is 6.31. The molecule has 0 atom stereocenters. The first-order chi connectivity index (χ1) is 14.3. The lowest BCUT2D eigenvalue weighted by atomic mass is 10.2. The predicted octanol–water partition coefficient (Wildman–Crippen LogP) is 1.98. The Morgan fingerprint density at radius 1 is 1.17 bits per heavy atom. The second-order valence-electron chi connectivity index (χ2n) is 5.96. The summed E-state index contributed by atoms with van der Waals surface area (Å²) in [6.07, 6.45) is 1.34. The summed E-state index contributed by atoms with van der Waals surface area (Å²) in [5.74, 6) is -1.32. The van der Waals surface area contributed by atoms with Gasteiger partial charge in [0.25, 0.3) is 5.91 Å². The first kappa shape index (κ1) is 22.9. The molecule has 3 N–H and O–H groups in total. The van der Waals surface area contributed by atoms with Crippen molar-refractivity contribution in [2.45, 2.75) is 6.92 Å². The minimum absolute atomic E-state index is 0.223. The highest BCUT2D eigenvalue weighted by Gasteiger charge is 2.14. The number of halogens is 1. The molecule has 0 saturated carbocycles. The van der Waals surface area contributed by atoms with E-state index in [0.29, 0.717) is 27.2 Å². The van der Waals surface area contributed by atoms with Gasteiger partial charge in [0.05, 0.1) is 17.8 Å². The zero-order valence-electron chi connectivity index (χ0n) is 16.6. The van der Waals surface area contributed by atoms with Gasteiger partial charge in [-0.2, -0.15) is 5.10 Å². The molecule has 0 heterocycles. The highest BCUT2D eigenvalue weighted by molar-refractivity contribution is 9.10. The molecular weight excluding hydrogens is 456 g/mol. The van der Waals surface area contributed by atoms with Crippen molar-refractivity contribution in [3.8, 4) is 11.5 Å². The van der Waals surface area contributed by atoms with Crippen LogP contribution in [0, 0.1) is 6.92 Å². The van der Waals surface area contributed by atoms with Crippen LogP contribution in [0.4, 0.5) is 5.69 Å². The number of likely N-dealkylation sites (N-methyl/N-ethyl adjacent to an activating group) is 1. The summed E-state index contributed by atoms with van der Waals surface area (Å²) in [5.41, 5.74) is 4.31. The molecule has 0 bridgehead atoms. The van der Waals surface area contributed by atoms with Gasteiger partial charge in [-0.15, -0.1) is 0 Å². The van der Waals surface area contributed by atoms with Gasteiger partial charge in [-0.1, -0.05) is 18.2 Å². The monoisotopic (exact) mass is 476 g/mol. The van der Waals surface area contributed by atoms with Gasteiger partial charge in [0.1, 0.15) is 0 Å². The number of hydrazone groups is 1. The lowest BCUT2D eigenvalue weighted by Gasteiger charge is -2.14. The number of anilines is 1. The van der Waals surface area contributed by atoms with Gasteiger partial charge in [-0.05, 0) is 52.2 Å². The molecule has 0 unspecified atom stereocenters. The molecule has 0 aliphatic heterocycles. The van der Waals surface area contributed by atoms with E-state index in [1.807, 2.05) is 25.1 Å². The third-order valence-electron chi connectivity index (χ3n) is 3.83. The second-order valence-corrected chi connectivity index (χ2v) is 6.82. The molecule has 2 aromatic rings. The Kier molecular flexibility index (Phi) is 8.36. The first-order valence-corrected chi connectivity index (χ1v) is 9.56. The maximum atomic E-state index is 12.2. The third-order valence-corrected chi connectivity index (χ3v) is 4.42. The number of methoxy groups -OCH3 is 1. The molecule has 0 radical (unpaired) electrons. The summed E-state index contributed by atoms with van der Waals surface area (Å²) in [6, 6.07) is 10.7. The Balaban J connectivity index is 2.04. The van der Waals surface area contributed by atoms with Crippen LogP contribution in [0.1, 0.15) is 11.1 Å². The summed E-state index contributed by atoms with van der Waals surface area (Å²) in [5, 5.41) is 8.69. The van der Waals surface area contributed by atoms with E-state index in [2.05, 4.69) is 37.1 Å². The number of ether oxygens (including phenoxy) is 2. The molecule has 2 aromatic carbocycles. The van der Waals surface area contributed by atoms with E-state index in [1.54, 1.807) is 18.2 Å². The Labute approximate surface area is 182 Å². The van der Waals surface area contributed by atoms with Gasteiger partial charge in [-0.3, -0.25) is 14.4 Å². The van der Waals surface area contributed by atoms with Crippen LogP contribution >= 0.6 is 15.9 Å². The standard InChI is InChI=1S/C20H21BrN4O5/c1-12-6-4-5-7-15(12)24-17(26)11-30-18-14(21)8-13(9-16(18)29-3)10-23-25-20(28)19(27)22-2/h4-10H,11H2,1-3H3,(H,22,27)(H,24,26)(H,25,28)/b23-10-. The van der Waals surface area contributed by atoms with E-state index >= 15 is 0 Å². The number of aryl methyl sites for hydroxylation is 1. The quantitative estimate of drug-likeness (QED) is 0.320. The van der Waals surface area contributed by atoms with Crippen molar-refractivity contribution in [3.05, 3.63) is 52.0 Å². The molecule has 2 rings (SSSR count). The summed E-state index contributed by atoms with van der Waals surface area (Å²) < 4.78 is 11.5. The van der Waals surface area contributed by atoms with Gasteiger partial charge < -0.3 is 20.1 Å². The fraction of sp³-hybridized carbons (Fsp3) is 0.200. The lowest BCUT2D eigenvalue weighted by Crippen LogP contribution is -2.35. The van der Waals surface area contributed by atoms with E-state index in [4.69, 9.17) is 9.47 Å². The topological polar surface area (TPSA) is 118 Å². The second kappa shape index (κ2) is 11.0. The van der Waals surface area contributed by atoms with Crippen LogP contribution in [-0.2, 0) is 14.4 Å². The minimum atomic E-state index is -0.889. The van der Waals surface area contributed by atoms with Crippen LogP contribution in [0.3, 0.4) is 0 Å². The van der Waals surface area contributed by atoms with Crippen LogP contribution in [0.15, 0.2) is 46.0 Å². The first-order valence-electron chi connectivity index (χ1n) is 8.76. The van der Waals surface area contributed by atoms with Crippen molar-refractivity contribution >= 4 is 45.6 Å². The van der Waals surface area contributed by atoms with Crippen LogP contribution in [0.5, 0.6) is 11.5 Å². The molecule has 0 aromatic heterocycles. The molecule has 0 spiro atoms. The van der Waals surface area contributed by atoms with E-state index in [-0.39, 0.29) is 12.5 Å². The van der Waals surface area contributed by atoms with E-state index in [9.17, 15) is 14.4 Å². The zero-order valence-corrected chi connectivity index (χ0v) is 18.2. The Morgan fingerprint density at radius 2 is 1.90 bits per heavy atom. The van der Waals surface area contributed by atoms with Crippen molar-refractivity contribution in [1.82, 2.24) is 10.7 Å². The van der Waals surface area contributed by atoms with Crippen LogP contribution in [-0.4, -0.2) is 44.7 Å². The number of nitrogens with one attached hydrogen (secondary N) is 3. The zero-order chi connectivity index (χ0) is 22.1. The van der Waals surface area contributed by atoms with Crippen molar-refractivity contribution in [2.75, 3.05) is 26.1 Å². The number of nitrogens with zero attached hydrogens (tertiary/aromatic N) is 1. The van der Waals surface area contributed by atoms with Crippen molar-refractivity contribution < 1.29 is 23.9 Å². The van der Waals surface area contributed by atoms with Gasteiger partial charge in [-0.25, -0.2) is 5.43 Å². The normalized spacial score (nSPS) is 10.4. The molecular formula is C20H21BrN4O5. The van der Waals surface area contributed by atoms with E-state index in [1.165, 1.54) is 20.4 Å². The number of para-hydroxylation sites is 1. The molecule has 3 amide bonds. The number of carbonyl (C=O) groups excluding carboxylic acids is 3. The van der Waals surface area contributed by atoms with Gasteiger partial charge in [0, 0.05) is 12.7 Å².